The zero-order chi connectivity index (χ0) is 9.80. The topological polar surface area (TPSA) is 24.9 Å². The molecule has 0 amide bonds. The Morgan fingerprint density at radius 2 is 2.57 bits per heavy atom. The summed E-state index contributed by atoms with van der Waals surface area (Å²) in [6.45, 7) is 4.23. The van der Waals surface area contributed by atoms with Crippen LogP contribution in [-0.4, -0.2) is 22.5 Å². The summed E-state index contributed by atoms with van der Waals surface area (Å²) in [7, 11) is 0. The van der Waals surface area contributed by atoms with E-state index in [9.17, 15) is 0 Å². The number of aryl methyl sites for hydroxylation is 1. The molecule has 0 spiro atoms. The minimum Gasteiger partial charge on any atom is -0.311 e. The average Bonchev–Trinajstić information content (AvgIpc) is 2.78. The summed E-state index contributed by atoms with van der Waals surface area (Å²) in [5.41, 5.74) is 3.11. The van der Waals surface area contributed by atoms with Crippen molar-refractivity contribution in [1.29, 1.82) is 0 Å². The molecule has 2 nitrogen and oxygen atoms in total. The second kappa shape index (κ2) is 5.14. The van der Waals surface area contributed by atoms with Gasteiger partial charge in [-0.05, 0) is 25.5 Å². The predicted molar refractivity (Wildman–Crippen MR) is 64.0 cm³/mol. The molecule has 78 valence electrons. The van der Waals surface area contributed by atoms with Gasteiger partial charge in [0.15, 0.2) is 0 Å². The first-order valence-corrected chi connectivity index (χ1v) is 7.00. The van der Waals surface area contributed by atoms with Gasteiger partial charge in [-0.2, -0.15) is 11.8 Å². The first-order chi connectivity index (χ1) is 6.86. The fourth-order valence-electron chi connectivity index (χ4n) is 1.65. The molecule has 14 heavy (non-hydrogen) atoms. The standard InChI is InChI=1S/C10H16N2S2/c1-8-10(14-7-12-8)6-11-5-9-3-2-4-13-9/h7,9,11H,2-6H2,1H3. The summed E-state index contributed by atoms with van der Waals surface area (Å²) in [5.74, 6) is 1.35. The molecule has 0 bridgehead atoms. The Hall–Kier alpha value is -0.0600. The van der Waals surface area contributed by atoms with E-state index in [2.05, 4.69) is 29.0 Å². The molecule has 1 atom stereocenters. The molecule has 2 heterocycles. The van der Waals surface area contributed by atoms with E-state index in [0.717, 1.165) is 18.3 Å². The Morgan fingerprint density at radius 3 is 3.21 bits per heavy atom. The number of hydrogen-bond donors (Lipinski definition) is 1. The Kier molecular flexibility index (Phi) is 3.84. The first kappa shape index (κ1) is 10.5. The van der Waals surface area contributed by atoms with Crippen LogP contribution < -0.4 is 5.32 Å². The van der Waals surface area contributed by atoms with Crippen LogP contribution in [0.2, 0.25) is 0 Å². The first-order valence-electron chi connectivity index (χ1n) is 5.07. The highest BCUT2D eigenvalue weighted by Gasteiger charge is 2.14. The van der Waals surface area contributed by atoms with Crippen LogP contribution in [0, 0.1) is 6.92 Å². The van der Waals surface area contributed by atoms with Crippen molar-refractivity contribution in [3.8, 4) is 0 Å². The lowest BCUT2D eigenvalue weighted by atomic mass is 10.2. The van der Waals surface area contributed by atoms with Crippen molar-refractivity contribution < 1.29 is 0 Å². The minimum absolute atomic E-state index is 0.850. The smallest absolute Gasteiger partial charge is 0.0798 e. The molecule has 0 aromatic carbocycles. The van der Waals surface area contributed by atoms with Gasteiger partial charge in [-0.15, -0.1) is 11.3 Å². The average molecular weight is 228 g/mol. The molecular formula is C10H16N2S2. The molecule has 1 aliphatic rings. The highest BCUT2D eigenvalue weighted by atomic mass is 32.2. The summed E-state index contributed by atoms with van der Waals surface area (Å²) in [4.78, 5) is 5.62. The van der Waals surface area contributed by atoms with Crippen LogP contribution in [0.1, 0.15) is 23.4 Å². The van der Waals surface area contributed by atoms with E-state index < -0.39 is 0 Å². The van der Waals surface area contributed by atoms with Gasteiger partial charge in [-0.1, -0.05) is 0 Å². The quantitative estimate of drug-likeness (QED) is 0.857. The van der Waals surface area contributed by atoms with Gasteiger partial charge in [-0.25, -0.2) is 4.98 Å². The molecule has 1 unspecified atom stereocenters. The van der Waals surface area contributed by atoms with Crippen molar-refractivity contribution in [1.82, 2.24) is 10.3 Å². The zero-order valence-electron chi connectivity index (χ0n) is 8.45. The predicted octanol–water partition coefficient (Wildman–Crippen LogP) is 2.44. The van der Waals surface area contributed by atoms with E-state index in [-0.39, 0.29) is 0 Å². The number of rotatable bonds is 4. The molecular weight excluding hydrogens is 212 g/mol. The van der Waals surface area contributed by atoms with E-state index in [1.54, 1.807) is 11.3 Å². The maximum absolute atomic E-state index is 4.24. The Bertz CT molecular complexity index is 279. The summed E-state index contributed by atoms with van der Waals surface area (Å²) >= 11 is 3.86. The van der Waals surface area contributed by atoms with E-state index in [1.807, 2.05) is 5.51 Å². The third-order valence-electron chi connectivity index (χ3n) is 2.53. The van der Waals surface area contributed by atoms with Gasteiger partial charge in [0.05, 0.1) is 11.2 Å². The number of thioether (sulfide) groups is 1. The van der Waals surface area contributed by atoms with Crippen LogP contribution in [0.25, 0.3) is 0 Å². The highest BCUT2D eigenvalue weighted by Crippen LogP contribution is 2.25. The molecule has 1 aliphatic heterocycles. The molecule has 1 fully saturated rings. The van der Waals surface area contributed by atoms with E-state index >= 15 is 0 Å². The molecule has 1 saturated heterocycles. The molecule has 1 aromatic rings. The van der Waals surface area contributed by atoms with Crippen molar-refractivity contribution in [2.24, 2.45) is 0 Å². The monoisotopic (exact) mass is 228 g/mol. The maximum Gasteiger partial charge on any atom is 0.0798 e. The second-order valence-corrected chi connectivity index (χ2v) is 5.97. The normalized spacial score (nSPS) is 21.6. The molecule has 1 aromatic heterocycles. The van der Waals surface area contributed by atoms with Crippen LogP contribution >= 0.6 is 23.1 Å². The molecule has 0 saturated carbocycles. The lowest BCUT2D eigenvalue weighted by Gasteiger charge is -2.09. The van der Waals surface area contributed by atoms with Crippen molar-refractivity contribution in [2.75, 3.05) is 12.3 Å². The van der Waals surface area contributed by atoms with Crippen LogP contribution in [0.5, 0.6) is 0 Å². The van der Waals surface area contributed by atoms with Crippen molar-refractivity contribution in [2.45, 2.75) is 31.6 Å². The van der Waals surface area contributed by atoms with Gasteiger partial charge in [0, 0.05) is 23.2 Å². The Balaban J connectivity index is 1.70. The van der Waals surface area contributed by atoms with E-state index in [4.69, 9.17) is 0 Å². The second-order valence-electron chi connectivity index (χ2n) is 3.63. The zero-order valence-corrected chi connectivity index (χ0v) is 10.1. The van der Waals surface area contributed by atoms with Crippen LogP contribution in [0.3, 0.4) is 0 Å². The summed E-state index contributed by atoms with van der Waals surface area (Å²) < 4.78 is 0. The number of thiazole rings is 1. The number of nitrogens with one attached hydrogen (secondary N) is 1. The van der Waals surface area contributed by atoms with Crippen LogP contribution in [0.4, 0.5) is 0 Å². The fourth-order valence-corrected chi connectivity index (χ4v) is 3.63. The Morgan fingerprint density at radius 1 is 1.64 bits per heavy atom. The number of aromatic nitrogens is 1. The van der Waals surface area contributed by atoms with Gasteiger partial charge >= 0.3 is 0 Å². The number of nitrogens with zero attached hydrogens (tertiary/aromatic N) is 1. The fraction of sp³-hybridized carbons (Fsp3) is 0.700. The van der Waals surface area contributed by atoms with Crippen molar-refractivity contribution in [3.63, 3.8) is 0 Å². The summed E-state index contributed by atoms with van der Waals surface area (Å²) in [5, 5.41) is 4.37. The molecule has 2 rings (SSSR count). The lowest BCUT2D eigenvalue weighted by Crippen LogP contribution is -2.22. The molecule has 0 radical (unpaired) electrons. The van der Waals surface area contributed by atoms with Gasteiger partial charge in [0.25, 0.3) is 0 Å². The highest BCUT2D eigenvalue weighted by molar-refractivity contribution is 8.00. The molecule has 0 aliphatic carbocycles. The third kappa shape index (κ3) is 2.72. The summed E-state index contributed by atoms with van der Waals surface area (Å²) in [6, 6.07) is 0. The van der Waals surface area contributed by atoms with E-state index in [1.165, 1.54) is 29.2 Å². The SMILES string of the molecule is Cc1ncsc1CNCC1CCCS1. The minimum atomic E-state index is 0.850. The van der Waals surface area contributed by atoms with Crippen LogP contribution in [0.15, 0.2) is 5.51 Å². The molecule has 4 heteroatoms. The van der Waals surface area contributed by atoms with Crippen molar-refractivity contribution in [3.05, 3.63) is 16.1 Å². The van der Waals surface area contributed by atoms with Gasteiger partial charge in [-0.3, -0.25) is 0 Å². The van der Waals surface area contributed by atoms with Gasteiger partial charge < -0.3 is 5.32 Å². The molecule has 1 N–H and O–H groups in total. The maximum atomic E-state index is 4.24. The largest absolute Gasteiger partial charge is 0.311 e. The van der Waals surface area contributed by atoms with Gasteiger partial charge in [0.1, 0.15) is 0 Å². The summed E-state index contributed by atoms with van der Waals surface area (Å²) in [6.07, 6.45) is 2.79. The Labute approximate surface area is 93.5 Å². The van der Waals surface area contributed by atoms with Crippen molar-refractivity contribution >= 4 is 23.1 Å². The number of hydrogen-bond acceptors (Lipinski definition) is 4. The van der Waals surface area contributed by atoms with Crippen LogP contribution in [-0.2, 0) is 6.54 Å². The lowest BCUT2D eigenvalue weighted by molar-refractivity contribution is 0.648. The third-order valence-corrected chi connectivity index (χ3v) is 4.86. The van der Waals surface area contributed by atoms with Gasteiger partial charge in [0.2, 0.25) is 0 Å². The van der Waals surface area contributed by atoms with E-state index in [0.29, 0.717) is 0 Å².